The predicted molar refractivity (Wildman–Crippen MR) is 69.7 cm³/mol. The summed E-state index contributed by atoms with van der Waals surface area (Å²) in [7, 11) is 0. The number of nitrogens with zero attached hydrogens (tertiary/aromatic N) is 1. The van der Waals surface area contributed by atoms with Gasteiger partial charge in [-0.15, -0.1) is 11.8 Å². The third-order valence-corrected chi connectivity index (χ3v) is 3.56. The average molecular weight is 267 g/mol. The first kappa shape index (κ1) is 13.1. The van der Waals surface area contributed by atoms with Crippen LogP contribution in [0.25, 0.3) is 11.3 Å². The van der Waals surface area contributed by atoms with E-state index in [0.29, 0.717) is 17.4 Å². The van der Waals surface area contributed by atoms with E-state index in [1.165, 1.54) is 12.1 Å². The van der Waals surface area contributed by atoms with E-state index in [-0.39, 0.29) is 17.7 Å². The Kier molecular flexibility index (Phi) is 4.38. The lowest BCUT2D eigenvalue weighted by molar-refractivity contribution is 0.300. The minimum Gasteiger partial charge on any atom is -0.440 e. The van der Waals surface area contributed by atoms with Crippen molar-refractivity contribution in [1.82, 2.24) is 4.98 Å². The van der Waals surface area contributed by atoms with Gasteiger partial charge in [0.1, 0.15) is 5.82 Å². The van der Waals surface area contributed by atoms with Gasteiger partial charge in [-0.3, -0.25) is 0 Å². The highest BCUT2D eigenvalue weighted by molar-refractivity contribution is 7.99. The molecule has 0 fully saturated rings. The largest absolute Gasteiger partial charge is 0.440 e. The summed E-state index contributed by atoms with van der Waals surface area (Å²) in [6.07, 6.45) is 1.63. The molecule has 18 heavy (non-hydrogen) atoms. The molecule has 5 heteroatoms. The molecule has 0 aliphatic heterocycles. The van der Waals surface area contributed by atoms with Gasteiger partial charge < -0.3 is 9.52 Å². The summed E-state index contributed by atoms with van der Waals surface area (Å²) >= 11 is 1.57. The van der Waals surface area contributed by atoms with Gasteiger partial charge in [-0.1, -0.05) is 6.92 Å². The fourth-order valence-corrected chi connectivity index (χ4v) is 2.06. The molecule has 0 aliphatic carbocycles. The van der Waals surface area contributed by atoms with E-state index in [0.717, 1.165) is 5.56 Å². The Balaban J connectivity index is 2.03. The van der Waals surface area contributed by atoms with Crippen LogP contribution in [0.3, 0.4) is 0 Å². The van der Waals surface area contributed by atoms with Crippen molar-refractivity contribution in [3.63, 3.8) is 0 Å². The molecular weight excluding hydrogens is 253 g/mol. The molecule has 2 aromatic rings. The predicted octanol–water partition coefficient (Wildman–Crippen LogP) is 3.09. The summed E-state index contributed by atoms with van der Waals surface area (Å²) in [5.41, 5.74) is 0.801. The maximum absolute atomic E-state index is 12.8. The maximum atomic E-state index is 12.8. The zero-order valence-electron chi connectivity index (χ0n) is 9.97. The Morgan fingerprint density at radius 3 is 2.78 bits per heavy atom. The molecule has 2 rings (SSSR count). The Labute approximate surface area is 109 Å². The lowest BCUT2D eigenvalue weighted by Gasteiger charge is -2.04. The molecule has 1 aromatic heterocycles. The van der Waals surface area contributed by atoms with Crippen LogP contribution in [0.15, 0.2) is 34.9 Å². The number of aliphatic hydroxyl groups excluding tert-OH is 1. The molecule has 0 radical (unpaired) electrons. The van der Waals surface area contributed by atoms with Gasteiger partial charge in [0.05, 0.1) is 18.6 Å². The zero-order chi connectivity index (χ0) is 13.0. The van der Waals surface area contributed by atoms with E-state index in [1.807, 2.05) is 6.92 Å². The van der Waals surface area contributed by atoms with Crippen molar-refractivity contribution >= 4 is 11.8 Å². The topological polar surface area (TPSA) is 46.3 Å². The third-order valence-electron chi connectivity index (χ3n) is 2.43. The van der Waals surface area contributed by atoms with Crippen LogP contribution in [-0.4, -0.2) is 21.9 Å². The summed E-state index contributed by atoms with van der Waals surface area (Å²) in [6, 6.07) is 6.09. The molecule has 0 bridgehead atoms. The average Bonchev–Trinajstić information content (AvgIpc) is 2.85. The molecule has 0 saturated heterocycles. The molecule has 0 saturated carbocycles. The van der Waals surface area contributed by atoms with Crippen LogP contribution in [0.2, 0.25) is 0 Å². The smallest absolute Gasteiger partial charge is 0.204 e. The number of rotatable bonds is 5. The molecule has 1 aromatic carbocycles. The van der Waals surface area contributed by atoms with E-state index in [1.54, 1.807) is 30.1 Å². The molecule has 96 valence electrons. The van der Waals surface area contributed by atoms with Crippen LogP contribution >= 0.6 is 11.8 Å². The van der Waals surface area contributed by atoms with Crippen molar-refractivity contribution in [2.24, 2.45) is 0 Å². The number of thioether (sulfide) groups is 1. The van der Waals surface area contributed by atoms with Gasteiger partial charge in [-0.05, 0) is 24.3 Å². The first-order valence-corrected chi connectivity index (χ1v) is 6.67. The molecular formula is C13H14FNO2S. The zero-order valence-corrected chi connectivity index (χ0v) is 10.8. The molecule has 0 aliphatic rings. The normalized spacial score (nSPS) is 12.6. The molecule has 1 unspecified atom stereocenters. The second-order valence-corrected chi connectivity index (χ2v) is 5.36. The van der Waals surface area contributed by atoms with Crippen LogP contribution in [0, 0.1) is 5.82 Å². The fourth-order valence-electron chi connectivity index (χ4n) is 1.39. The van der Waals surface area contributed by atoms with Gasteiger partial charge in [0, 0.05) is 10.8 Å². The Morgan fingerprint density at radius 2 is 2.11 bits per heavy atom. The maximum Gasteiger partial charge on any atom is 0.204 e. The summed E-state index contributed by atoms with van der Waals surface area (Å²) in [4.78, 5) is 4.16. The van der Waals surface area contributed by atoms with Crippen LogP contribution in [0.1, 0.15) is 12.8 Å². The van der Waals surface area contributed by atoms with E-state index in [4.69, 9.17) is 9.52 Å². The standard InChI is InChI=1S/C13H14FNO2S/c1-9(7-16)18-8-13-15-6-12(17-13)10-2-4-11(14)5-3-10/h2-6,9,16H,7-8H2,1H3. The lowest BCUT2D eigenvalue weighted by Crippen LogP contribution is -2.02. The van der Waals surface area contributed by atoms with Crippen LogP contribution in [-0.2, 0) is 5.75 Å². The number of hydrogen-bond acceptors (Lipinski definition) is 4. The van der Waals surface area contributed by atoms with E-state index >= 15 is 0 Å². The number of oxazole rings is 1. The SMILES string of the molecule is CC(CO)SCc1ncc(-c2ccc(F)cc2)o1. The highest BCUT2D eigenvalue weighted by Crippen LogP contribution is 2.23. The minimum absolute atomic E-state index is 0.135. The minimum atomic E-state index is -0.272. The second kappa shape index (κ2) is 6.02. The highest BCUT2D eigenvalue weighted by Gasteiger charge is 2.08. The van der Waals surface area contributed by atoms with Crippen molar-refractivity contribution < 1.29 is 13.9 Å². The van der Waals surface area contributed by atoms with Gasteiger partial charge in [0.25, 0.3) is 0 Å². The Morgan fingerprint density at radius 1 is 1.39 bits per heavy atom. The number of halogens is 1. The summed E-state index contributed by atoms with van der Waals surface area (Å²) in [5, 5.41) is 9.07. The van der Waals surface area contributed by atoms with E-state index < -0.39 is 0 Å². The Bertz CT molecular complexity index is 498. The lowest BCUT2D eigenvalue weighted by atomic mass is 10.2. The quantitative estimate of drug-likeness (QED) is 0.904. The molecule has 3 nitrogen and oxygen atoms in total. The van der Waals surface area contributed by atoms with Crippen LogP contribution < -0.4 is 0 Å². The summed E-state index contributed by atoms with van der Waals surface area (Å²) in [5.74, 6) is 1.58. The molecule has 1 N–H and O–H groups in total. The molecule has 0 spiro atoms. The molecule has 1 atom stereocenters. The first-order valence-electron chi connectivity index (χ1n) is 5.62. The van der Waals surface area contributed by atoms with Crippen LogP contribution in [0.5, 0.6) is 0 Å². The third kappa shape index (κ3) is 3.34. The van der Waals surface area contributed by atoms with Gasteiger partial charge in [0.2, 0.25) is 5.89 Å². The van der Waals surface area contributed by atoms with Crippen molar-refractivity contribution in [3.8, 4) is 11.3 Å². The number of benzene rings is 1. The molecule has 0 amide bonds. The first-order chi connectivity index (χ1) is 8.69. The van der Waals surface area contributed by atoms with Gasteiger partial charge in [-0.2, -0.15) is 0 Å². The number of aliphatic hydroxyl groups is 1. The number of hydrogen-bond donors (Lipinski definition) is 1. The van der Waals surface area contributed by atoms with Gasteiger partial charge >= 0.3 is 0 Å². The van der Waals surface area contributed by atoms with Crippen molar-refractivity contribution in [2.75, 3.05) is 6.61 Å². The summed E-state index contributed by atoms with van der Waals surface area (Å²) < 4.78 is 18.4. The van der Waals surface area contributed by atoms with Crippen LogP contribution in [0.4, 0.5) is 4.39 Å². The fraction of sp³-hybridized carbons (Fsp3) is 0.308. The van der Waals surface area contributed by atoms with Crippen molar-refractivity contribution in [2.45, 2.75) is 17.9 Å². The summed E-state index contributed by atoms with van der Waals surface area (Å²) in [6.45, 7) is 2.07. The highest BCUT2D eigenvalue weighted by atomic mass is 32.2. The van der Waals surface area contributed by atoms with Crippen molar-refractivity contribution in [1.29, 1.82) is 0 Å². The Hall–Kier alpha value is -1.33. The van der Waals surface area contributed by atoms with E-state index in [9.17, 15) is 4.39 Å². The number of aromatic nitrogens is 1. The second-order valence-electron chi connectivity index (χ2n) is 3.93. The monoisotopic (exact) mass is 267 g/mol. The molecule has 1 heterocycles. The van der Waals surface area contributed by atoms with Gasteiger partial charge in [-0.25, -0.2) is 9.37 Å². The van der Waals surface area contributed by atoms with Crippen molar-refractivity contribution in [3.05, 3.63) is 42.2 Å². The van der Waals surface area contributed by atoms with E-state index in [2.05, 4.69) is 4.98 Å². The van der Waals surface area contributed by atoms with Gasteiger partial charge in [0.15, 0.2) is 5.76 Å².